The second-order valence-electron chi connectivity index (χ2n) is 5.24. The molecule has 3 amide bonds. The maximum absolute atomic E-state index is 12.2. The van der Waals surface area contributed by atoms with E-state index in [0.717, 1.165) is 12.1 Å². The number of fused-ring (bicyclic) bond motifs is 1. The van der Waals surface area contributed by atoms with Crippen molar-refractivity contribution < 1.29 is 19.3 Å². The lowest BCUT2D eigenvalue weighted by Crippen LogP contribution is -2.40. The van der Waals surface area contributed by atoms with E-state index >= 15 is 0 Å². The zero-order chi connectivity index (χ0) is 18.1. The van der Waals surface area contributed by atoms with E-state index in [4.69, 9.17) is 0 Å². The Morgan fingerprint density at radius 2 is 1.84 bits per heavy atom. The second-order valence-corrected chi connectivity index (χ2v) is 5.24. The molecule has 3 rings (SSSR count). The fraction of sp³-hybridized carbons (Fsp3) is 0.143. The van der Waals surface area contributed by atoms with Crippen molar-refractivity contribution in [1.82, 2.24) is 20.4 Å². The first-order valence-corrected chi connectivity index (χ1v) is 7.04. The highest BCUT2D eigenvalue weighted by atomic mass is 16.6. The number of hydrogen-bond donors (Lipinski definition) is 3. The first kappa shape index (κ1) is 16.1. The molecule has 11 nitrogen and oxygen atoms in total. The number of H-pyrrole nitrogens is 2. The molecule has 128 valence electrons. The third kappa shape index (κ3) is 3.02. The Kier molecular flexibility index (Phi) is 3.89. The van der Waals surface area contributed by atoms with Gasteiger partial charge in [-0.25, -0.2) is 0 Å². The van der Waals surface area contributed by atoms with Gasteiger partial charge in [0, 0.05) is 18.2 Å². The lowest BCUT2D eigenvalue weighted by Gasteiger charge is -2.13. The second kappa shape index (κ2) is 6.03. The third-order valence-electron chi connectivity index (χ3n) is 3.59. The summed E-state index contributed by atoms with van der Waals surface area (Å²) in [5.41, 5.74) is -0.342. The summed E-state index contributed by atoms with van der Waals surface area (Å²) >= 11 is 0. The van der Waals surface area contributed by atoms with Crippen LogP contribution < -0.4 is 10.9 Å². The zero-order valence-corrected chi connectivity index (χ0v) is 12.6. The van der Waals surface area contributed by atoms with Gasteiger partial charge in [0.2, 0.25) is 5.91 Å². The summed E-state index contributed by atoms with van der Waals surface area (Å²) in [6, 6.07) is 4.57. The van der Waals surface area contributed by atoms with Crippen molar-refractivity contribution >= 4 is 23.4 Å². The summed E-state index contributed by atoms with van der Waals surface area (Å²) in [7, 11) is 0. The van der Waals surface area contributed by atoms with Crippen LogP contribution in [-0.4, -0.2) is 44.3 Å². The summed E-state index contributed by atoms with van der Waals surface area (Å²) in [6.45, 7) is -0.527. The normalized spacial score (nSPS) is 13.0. The van der Waals surface area contributed by atoms with Crippen LogP contribution >= 0.6 is 0 Å². The Morgan fingerprint density at radius 3 is 2.48 bits per heavy atom. The number of imide groups is 1. The number of amides is 3. The molecule has 0 atom stereocenters. The summed E-state index contributed by atoms with van der Waals surface area (Å²) in [5, 5.41) is 18.1. The highest BCUT2D eigenvalue weighted by molar-refractivity contribution is 6.22. The van der Waals surface area contributed by atoms with E-state index in [1.165, 1.54) is 12.1 Å². The number of rotatable bonds is 5. The number of aromatic amines is 2. The van der Waals surface area contributed by atoms with Gasteiger partial charge in [0.05, 0.1) is 28.3 Å². The van der Waals surface area contributed by atoms with Crippen LogP contribution in [0.25, 0.3) is 0 Å². The number of nitro benzene ring substituents is 1. The van der Waals surface area contributed by atoms with Crippen LogP contribution in [0, 0.1) is 10.1 Å². The number of nitrogens with zero attached hydrogens (tertiary/aromatic N) is 2. The van der Waals surface area contributed by atoms with Gasteiger partial charge in [-0.1, -0.05) is 0 Å². The van der Waals surface area contributed by atoms with Gasteiger partial charge in [0.15, 0.2) is 0 Å². The van der Waals surface area contributed by atoms with Crippen LogP contribution in [0.2, 0.25) is 0 Å². The van der Waals surface area contributed by atoms with Gasteiger partial charge in [-0.15, -0.1) is 0 Å². The quantitative estimate of drug-likeness (QED) is 0.377. The molecule has 11 heteroatoms. The highest BCUT2D eigenvalue weighted by Gasteiger charge is 2.37. The number of nitro groups is 1. The van der Waals surface area contributed by atoms with Crippen molar-refractivity contribution in [3.05, 3.63) is 61.6 Å². The van der Waals surface area contributed by atoms with E-state index in [-0.39, 0.29) is 28.9 Å². The summed E-state index contributed by atoms with van der Waals surface area (Å²) in [6.07, 6.45) is 0. The molecule has 2 heterocycles. The SMILES string of the molecule is O=C(CN1C(=O)c2ccc([N+](=O)[O-])cc2C1=O)NCc1cc(=O)[nH][nH]1. The molecule has 2 aromatic rings. The molecule has 1 aromatic carbocycles. The summed E-state index contributed by atoms with van der Waals surface area (Å²) in [4.78, 5) is 58.1. The van der Waals surface area contributed by atoms with Crippen molar-refractivity contribution in [2.24, 2.45) is 0 Å². The molecule has 1 aliphatic heterocycles. The van der Waals surface area contributed by atoms with E-state index in [2.05, 4.69) is 15.5 Å². The number of aromatic nitrogens is 2. The molecule has 0 aliphatic carbocycles. The topological polar surface area (TPSA) is 158 Å². The number of non-ortho nitro benzene ring substituents is 1. The average Bonchev–Trinajstić information content (AvgIpc) is 3.10. The molecule has 25 heavy (non-hydrogen) atoms. The van der Waals surface area contributed by atoms with Gasteiger partial charge in [-0.05, 0) is 6.07 Å². The minimum Gasteiger partial charge on any atom is -0.349 e. The van der Waals surface area contributed by atoms with Gasteiger partial charge >= 0.3 is 0 Å². The molecule has 0 radical (unpaired) electrons. The molecule has 1 aromatic heterocycles. The molecule has 3 N–H and O–H groups in total. The zero-order valence-electron chi connectivity index (χ0n) is 12.6. The molecule has 0 unspecified atom stereocenters. The van der Waals surface area contributed by atoms with E-state index in [1.807, 2.05) is 0 Å². The third-order valence-corrected chi connectivity index (χ3v) is 3.59. The standard InChI is InChI=1S/C14H11N5O6/c20-11-3-7(16-17-11)5-15-12(21)6-18-13(22)9-2-1-8(19(24)25)4-10(9)14(18)23/h1-4H,5-6H2,(H,15,21)(H2,16,17,20). The fourth-order valence-corrected chi connectivity index (χ4v) is 2.40. The molecule has 0 spiro atoms. The van der Waals surface area contributed by atoms with Gasteiger partial charge in [-0.3, -0.25) is 39.3 Å². The minimum atomic E-state index is -0.770. The van der Waals surface area contributed by atoms with E-state index in [9.17, 15) is 29.3 Å². The van der Waals surface area contributed by atoms with E-state index in [1.54, 1.807) is 0 Å². The average molecular weight is 345 g/mol. The van der Waals surface area contributed by atoms with Crippen molar-refractivity contribution in [2.75, 3.05) is 6.54 Å². The predicted molar refractivity (Wildman–Crippen MR) is 81.7 cm³/mol. The van der Waals surface area contributed by atoms with Gasteiger partial charge < -0.3 is 10.4 Å². The van der Waals surface area contributed by atoms with Crippen LogP contribution in [0.4, 0.5) is 5.69 Å². The largest absolute Gasteiger partial charge is 0.349 e. The first-order valence-electron chi connectivity index (χ1n) is 7.04. The Labute approximate surface area is 138 Å². The Hall–Kier alpha value is -3.76. The summed E-state index contributed by atoms with van der Waals surface area (Å²) < 4.78 is 0. The molecule has 0 fully saturated rings. The smallest absolute Gasteiger partial charge is 0.270 e. The molecule has 0 saturated heterocycles. The molecule has 0 bridgehead atoms. The molecule has 1 aliphatic rings. The maximum Gasteiger partial charge on any atom is 0.270 e. The molecule has 0 saturated carbocycles. The Bertz CT molecular complexity index is 959. The van der Waals surface area contributed by atoms with Crippen molar-refractivity contribution in [2.45, 2.75) is 6.54 Å². The number of benzene rings is 1. The van der Waals surface area contributed by atoms with Crippen molar-refractivity contribution in [3.63, 3.8) is 0 Å². The van der Waals surface area contributed by atoms with E-state index in [0.29, 0.717) is 10.6 Å². The fourth-order valence-electron chi connectivity index (χ4n) is 2.40. The highest BCUT2D eigenvalue weighted by Crippen LogP contribution is 2.26. The molecular weight excluding hydrogens is 334 g/mol. The lowest BCUT2D eigenvalue weighted by molar-refractivity contribution is -0.384. The van der Waals surface area contributed by atoms with Crippen LogP contribution in [-0.2, 0) is 11.3 Å². The number of nitrogens with one attached hydrogen (secondary N) is 3. The maximum atomic E-state index is 12.2. The van der Waals surface area contributed by atoms with Gasteiger partial charge in [-0.2, -0.15) is 0 Å². The van der Waals surface area contributed by atoms with Crippen LogP contribution in [0.5, 0.6) is 0 Å². The van der Waals surface area contributed by atoms with Crippen LogP contribution in [0.15, 0.2) is 29.1 Å². The molecular formula is C14H11N5O6. The van der Waals surface area contributed by atoms with Crippen LogP contribution in [0.3, 0.4) is 0 Å². The summed E-state index contributed by atoms with van der Waals surface area (Å²) in [5.74, 6) is -2.08. The van der Waals surface area contributed by atoms with E-state index < -0.39 is 29.2 Å². The van der Waals surface area contributed by atoms with Crippen molar-refractivity contribution in [1.29, 1.82) is 0 Å². The monoisotopic (exact) mass is 345 g/mol. The number of carbonyl (C=O) groups is 3. The first-order chi connectivity index (χ1) is 11.9. The number of carbonyl (C=O) groups excluding carboxylic acids is 3. The minimum absolute atomic E-state index is 0.00617. The lowest BCUT2D eigenvalue weighted by atomic mass is 10.1. The predicted octanol–water partition coefficient (Wildman–Crippen LogP) is -0.476. The Morgan fingerprint density at radius 1 is 1.12 bits per heavy atom. The van der Waals surface area contributed by atoms with Crippen LogP contribution in [0.1, 0.15) is 26.4 Å². The number of hydrogen-bond acceptors (Lipinski definition) is 6. The van der Waals surface area contributed by atoms with Crippen molar-refractivity contribution in [3.8, 4) is 0 Å². The van der Waals surface area contributed by atoms with Gasteiger partial charge in [0.25, 0.3) is 23.1 Å². The van der Waals surface area contributed by atoms with Gasteiger partial charge in [0.1, 0.15) is 6.54 Å². The Balaban J connectivity index is 1.70.